The van der Waals surface area contributed by atoms with Gasteiger partial charge in [-0.1, -0.05) is 19.4 Å². The molecule has 1 amide bonds. The highest BCUT2D eigenvalue weighted by Gasteiger charge is 2.35. The summed E-state index contributed by atoms with van der Waals surface area (Å²) in [6.45, 7) is 2.79. The van der Waals surface area contributed by atoms with Gasteiger partial charge in [0.2, 0.25) is 0 Å². The van der Waals surface area contributed by atoms with E-state index in [1.165, 1.54) is 12.5 Å². The average Bonchev–Trinajstić information content (AvgIpc) is 2.28. The van der Waals surface area contributed by atoms with Crippen LogP contribution in [0.4, 0.5) is 4.39 Å². The second kappa shape index (κ2) is 5.39. The Morgan fingerprint density at radius 2 is 2.22 bits per heavy atom. The molecule has 98 valence electrons. The van der Waals surface area contributed by atoms with Crippen molar-refractivity contribution in [1.29, 1.82) is 0 Å². The number of carbonyl (C=O) groups excluding carboxylic acids is 1. The smallest absolute Gasteiger partial charge is 0.255 e. The number of carbonyl (C=O) groups is 1. The maximum absolute atomic E-state index is 13.6. The van der Waals surface area contributed by atoms with E-state index < -0.39 is 5.82 Å². The summed E-state index contributed by atoms with van der Waals surface area (Å²) in [4.78, 5) is 12.0. The molecule has 0 aromatic heterocycles. The monoisotopic (exact) mass is 313 g/mol. The maximum atomic E-state index is 13.6. The Balaban J connectivity index is 2.04. The molecule has 1 aliphatic rings. The number of halogens is 2. The third-order valence-electron chi connectivity index (χ3n) is 3.98. The molecule has 1 fully saturated rings. The molecule has 1 N–H and O–H groups in total. The van der Waals surface area contributed by atoms with Crippen LogP contribution in [-0.2, 0) is 0 Å². The molecule has 0 spiro atoms. The van der Waals surface area contributed by atoms with E-state index in [4.69, 9.17) is 0 Å². The summed E-state index contributed by atoms with van der Waals surface area (Å²) in [7, 11) is 0. The summed E-state index contributed by atoms with van der Waals surface area (Å²) in [5.74, 6) is -0.819. The zero-order chi connectivity index (χ0) is 13.2. The lowest BCUT2D eigenvalue weighted by molar-refractivity contribution is 0.0845. The van der Waals surface area contributed by atoms with Crippen molar-refractivity contribution in [2.75, 3.05) is 6.54 Å². The van der Waals surface area contributed by atoms with Gasteiger partial charge in [0, 0.05) is 11.0 Å². The van der Waals surface area contributed by atoms with Crippen molar-refractivity contribution in [3.63, 3.8) is 0 Å². The first-order chi connectivity index (χ1) is 8.58. The predicted octanol–water partition coefficient (Wildman–Crippen LogP) is 3.90. The molecule has 1 saturated carbocycles. The van der Waals surface area contributed by atoms with Gasteiger partial charge in [-0.2, -0.15) is 0 Å². The molecular formula is C14H17BrFNO. The lowest BCUT2D eigenvalue weighted by Crippen LogP contribution is -2.42. The van der Waals surface area contributed by atoms with E-state index >= 15 is 0 Å². The highest BCUT2D eigenvalue weighted by molar-refractivity contribution is 9.10. The first-order valence-electron chi connectivity index (χ1n) is 6.30. The van der Waals surface area contributed by atoms with E-state index in [1.807, 2.05) is 0 Å². The summed E-state index contributed by atoms with van der Waals surface area (Å²) >= 11 is 3.22. The van der Waals surface area contributed by atoms with Gasteiger partial charge >= 0.3 is 0 Å². The maximum Gasteiger partial charge on any atom is 0.255 e. The van der Waals surface area contributed by atoms with Crippen molar-refractivity contribution in [3.8, 4) is 0 Å². The van der Waals surface area contributed by atoms with E-state index in [1.54, 1.807) is 12.1 Å². The molecule has 0 radical (unpaired) electrons. The molecule has 0 atom stereocenters. The van der Waals surface area contributed by atoms with Crippen molar-refractivity contribution >= 4 is 21.8 Å². The van der Waals surface area contributed by atoms with Crippen LogP contribution in [0.3, 0.4) is 0 Å². The molecule has 0 heterocycles. The van der Waals surface area contributed by atoms with E-state index in [9.17, 15) is 9.18 Å². The average molecular weight is 314 g/mol. The highest BCUT2D eigenvalue weighted by Crippen LogP contribution is 2.43. The summed E-state index contributed by atoms with van der Waals surface area (Å²) < 4.78 is 14.1. The third-order valence-corrected chi connectivity index (χ3v) is 4.64. The van der Waals surface area contributed by atoms with Crippen LogP contribution in [0.2, 0.25) is 0 Å². The Morgan fingerprint density at radius 1 is 1.50 bits per heavy atom. The lowest BCUT2D eigenvalue weighted by Gasteiger charge is -2.41. The van der Waals surface area contributed by atoms with Gasteiger partial charge in [0.05, 0.1) is 5.56 Å². The predicted molar refractivity (Wildman–Crippen MR) is 73.0 cm³/mol. The number of hydrogen-bond donors (Lipinski definition) is 1. The quantitative estimate of drug-likeness (QED) is 0.897. The number of nitrogens with one attached hydrogen (secondary N) is 1. The molecule has 1 aromatic carbocycles. The minimum Gasteiger partial charge on any atom is -0.351 e. The molecule has 0 bridgehead atoms. The van der Waals surface area contributed by atoms with Crippen LogP contribution in [-0.4, -0.2) is 12.5 Å². The fourth-order valence-electron chi connectivity index (χ4n) is 2.40. The number of amides is 1. The van der Waals surface area contributed by atoms with Crippen LogP contribution in [0.1, 0.15) is 43.0 Å². The van der Waals surface area contributed by atoms with Gasteiger partial charge in [0.15, 0.2) is 0 Å². The fraction of sp³-hybridized carbons (Fsp3) is 0.500. The largest absolute Gasteiger partial charge is 0.351 e. The Bertz CT molecular complexity index is 431. The number of hydrogen-bond acceptors (Lipinski definition) is 1. The minimum atomic E-state index is -0.485. The summed E-state index contributed by atoms with van der Waals surface area (Å²) in [5.41, 5.74) is 0.344. The van der Waals surface area contributed by atoms with Crippen molar-refractivity contribution in [2.45, 2.75) is 32.6 Å². The van der Waals surface area contributed by atoms with Crippen LogP contribution in [0.15, 0.2) is 22.7 Å². The molecule has 1 aromatic rings. The van der Waals surface area contributed by atoms with Gasteiger partial charge in [-0.05, 0) is 52.7 Å². The van der Waals surface area contributed by atoms with Gasteiger partial charge in [0.1, 0.15) is 5.82 Å². The van der Waals surface area contributed by atoms with Crippen LogP contribution < -0.4 is 5.32 Å². The number of benzene rings is 1. The summed E-state index contributed by atoms with van der Waals surface area (Å²) in [6.07, 6.45) is 4.60. The fourth-order valence-corrected chi connectivity index (χ4v) is 2.93. The molecule has 0 unspecified atom stereocenters. The molecule has 2 rings (SSSR count). The Morgan fingerprint density at radius 3 is 2.72 bits per heavy atom. The van der Waals surface area contributed by atoms with Gasteiger partial charge < -0.3 is 5.32 Å². The Hall–Kier alpha value is -0.900. The van der Waals surface area contributed by atoms with E-state index in [2.05, 4.69) is 28.2 Å². The zero-order valence-corrected chi connectivity index (χ0v) is 12.0. The molecular weight excluding hydrogens is 297 g/mol. The topological polar surface area (TPSA) is 29.1 Å². The summed E-state index contributed by atoms with van der Waals surface area (Å²) in [5, 5.41) is 2.87. The van der Waals surface area contributed by atoms with Crippen LogP contribution in [0, 0.1) is 11.2 Å². The molecule has 18 heavy (non-hydrogen) atoms. The van der Waals surface area contributed by atoms with Crippen molar-refractivity contribution in [2.24, 2.45) is 5.41 Å². The SMILES string of the molecule is CCC1(CNC(=O)c2c(F)cccc2Br)CCC1. The number of rotatable bonds is 4. The first kappa shape index (κ1) is 13.5. The normalized spacial score (nSPS) is 17.1. The Kier molecular flexibility index (Phi) is 4.05. The first-order valence-corrected chi connectivity index (χ1v) is 7.09. The Labute approximate surface area is 115 Å². The van der Waals surface area contributed by atoms with E-state index in [0.717, 1.165) is 19.3 Å². The van der Waals surface area contributed by atoms with Crippen molar-refractivity contribution < 1.29 is 9.18 Å². The highest BCUT2D eigenvalue weighted by atomic mass is 79.9. The second-order valence-corrected chi connectivity index (χ2v) is 5.84. The van der Waals surface area contributed by atoms with Crippen molar-refractivity contribution in [3.05, 3.63) is 34.1 Å². The van der Waals surface area contributed by atoms with Crippen molar-refractivity contribution in [1.82, 2.24) is 5.32 Å². The molecule has 1 aliphatic carbocycles. The zero-order valence-electron chi connectivity index (χ0n) is 10.4. The second-order valence-electron chi connectivity index (χ2n) is 4.99. The molecule has 4 heteroatoms. The standard InChI is InChI=1S/C14H17BrFNO/c1-2-14(7-4-8-14)9-17-13(18)12-10(15)5-3-6-11(12)16/h3,5-6H,2,4,7-9H2,1H3,(H,17,18). The van der Waals surface area contributed by atoms with Crippen LogP contribution in [0.25, 0.3) is 0 Å². The molecule has 0 aliphatic heterocycles. The summed E-state index contributed by atoms with van der Waals surface area (Å²) in [6, 6.07) is 4.56. The third kappa shape index (κ3) is 2.58. The van der Waals surface area contributed by atoms with Gasteiger partial charge in [-0.25, -0.2) is 4.39 Å². The van der Waals surface area contributed by atoms with E-state index in [-0.39, 0.29) is 16.9 Å². The van der Waals surface area contributed by atoms with Gasteiger partial charge in [-0.15, -0.1) is 0 Å². The van der Waals surface area contributed by atoms with E-state index in [0.29, 0.717) is 11.0 Å². The van der Waals surface area contributed by atoms with Gasteiger partial charge in [0.25, 0.3) is 5.91 Å². The van der Waals surface area contributed by atoms with Gasteiger partial charge in [-0.3, -0.25) is 4.79 Å². The lowest BCUT2D eigenvalue weighted by atomic mass is 9.67. The minimum absolute atomic E-state index is 0.100. The van der Waals surface area contributed by atoms with Crippen LogP contribution >= 0.6 is 15.9 Å². The molecule has 0 saturated heterocycles. The van der Waals surface area contributed by atoms with Crippen LogP contribution in [0.5, 0.6) is 0 Å². The molecule has 2 nitrogen and oxygen atoms in total.